The number of thiazole rings is 1. The molecule has 1 aliphatic rings. The summed E-state index contributed by atoms with van der Waals surface area (Å²) >= 11 is 1.84. The van der Waals surface area contributed by atoms with Crippen molar-refractivity contribution in [1.82, 2.24) is 10.3 Å². The second-order valence-corrected chi connectivity index (χ2v) is 6.80. The van der Waals surface area contributed by atoms with Crippen molar-refractivity contribution in [2.24, 2.45) is 5.92 Å². The predicted octanol–water partition coefficient (Wildman–Crippen LogP) is 3.86. The van der Waals surface area contributed by atoms with Gasteiger partial charge in [-0.25, -0.2) is 4.98 Å². The van der Waals surface area contributed by atoms with Crippen LogP contribution in [0.4, 0.5) is 0 Å². The Balaban J connectivity index is 2.13. The number of nitrogens with one attached hydrogen (secondary N) is 1. The first-order chi connectivity index (χ1) is 9.17. The Morgan fingerprint density at radius 3 is 2.68 bits per heavy atom. The van der Waals surface area contributed by atoms with Crippen molar-refractivity contribution in [3.05, 3.63) is 15.6 Å². The van der Waals surface area contributed by atoms with Crippen molar-refractivity contribution >= 4 is 11.3 Å². The van der Waals surface area contributed by atoms with Gasteiger partial charge in [-0.2, -0.15) is 0 Å². The van der Waals surface area contributed by atoms with Gasteiger partial charge in [-0.15, -0.1) is 11.3 Å². The minimum Gasteiger partial charge on any atom is -0.374 e. The van der Waals surface area contributed by atoms with Gasteiger partial charge in [0.2, 0.25) is 0 Å². The molecule has 1 aromatic rings. The zero-order valence-electron chi connectivity index (χ0n) is 12.5. The third kappa shape index (κ3) is 3.77. The third-order valence-electron chi connectivity index (χ3n) is 3.55. The Kier molecular flexibility index (Phi) is 5.37. The molecule has 1 unspecified atom stereocenters. The number of nitrogens with zero attached hydrogens (tertiary/aromatic N) is 1. The summed E-state index contributed by atoms with van der Waals surface area (Å²) in [6.45, 7) is 8.66. The zero-order valence-corrected chi connectivity index (χ0v) is 13.3. The fraction of sp³-hybridized carbons (Fsp3) is 0.800. The smallest absolute Gasteiger partial charge is 0.122 e. The highest BCUT2D eigenvalue weighted by Crippen LogP contribution is 2.44. The van der Waals surface area contributed by atoms with E-state index in [1.54, 1.807) is 0 Å². The Labute approximate surface area is 120 Å². The van der Waals surface area contributed by atoms with Crippen LogP contribution in [0.1, 0.15) is 67.6 Å². The molecule has 0 spiro atoms. The van der Waals surface area contributed by atoms with Gasteiger partial charge in [0.05, 0.1) is 5.69 Å². The van der Waals surface area contributed by atoms with Gasteiger partial charge >= 0.3 is 0 Å². The molecule has 0 radical (unpaired) electrons. The van der Waals surface area contributed by atoms with Crippen molar-refractivity contribution in [3.63, 3.8) is 0 Å². The van der Waals surface area contributed by atoms with Crippen LogP contribution in [0.5, 0.6) is 0 Å². The molecule has 1 fully saturated rings. The molecule has 1 heterocycles. The average molecular weight is 282 g/mol. The highest BCUT2D eigenvalue weighted by Gasteiger charge is 2.35. The van der Waals surface area contributed by atoms with E-state index in [9.17, 15) is 0 Å². The number of methoxy groups -OCH3 is 1. The van der Waals surface area contributed by atoms with E-state index in [0.717, 1.165) is 13.1 Å². The van der Waals surface area contributed by atoms with E-state index in [-0.39, 0.29) is 6.10 Å². The van der Waals surface area contributed by atoms with Crippen molar-refractivity contribution in [2.75, 3.05) is 13.7 Å². The van der Waals surface area contributed by atoms with Crippen molar-refractivity contribution < 1.29 is 4.74 Å². The lowest BCUT2D eigenvalue weighted by Crippen LogP contribution is -2.14. The van der Waals surface area contributed by atoms with E-state index in [1.807, 2.05) is 18.4 Å². The molecule has 0 aliphatic heterocycles. The molecule has 0 saturated heterocycles. The van der Waals surface area contributed by atoms with Crippen LogP contribution in [-0.2, 0) is 11.3 Å². The molecule has 4 heteroatoms. The van der Waals surface area contributed by atoms with Crippen LogP contribution < -0.4 is 5.32 Å². The molecule has 1 aliphatic carbocycles. The monoisotopic (exact) mass is 282 g/mol. The van der Waals surface area contributed by atoms with E-state index in [0.29, 0.717) is 11.8 Å². The fourth-order valence-corrected chi connectivity index (χ4v) is 3.72. The van der Waals surface area contributed by atoms with Crippen LogP contribution >= 0.6 is 11.3 Å². The third-order valence-corrected chi connectivity index (χ3v) is 4.68. The molecule has 0 bridgehead atoms. The van der Waals surface area contributed by atoms with Crippen LogP contribution in [0.2, 0.25) is 0 Å². The predicted molar refractivity (Wildman–Crippen MR) is 80.7 cm³/mol. The summed E-state index contributed by atoms with van der Waals surface area (Å²) in [5, 5.41) is 4.67. The lowest BCUT2D eigenvalue weighted by molar-refractivity contribution is 0.0842. The van der Waals surface area contributed by atoms with Crippen LogP contribution in [0.15, 0.2) is 0 Å². The molecule has 108 valence electrons. The van der Waals surface area contributed by atoms with E-state index >= 15 is 0 Å². The van der Waals surface area contributed by atoms with Gasteiger partial charge in [-0.05, 0) is 37.6 Å². The van der Waals surface area contributed by atoms with Crippen LogP contribution in [0.3, 0.4) is 0 Å². The molecular formula is C15H26N2OS. The maximum absolute atomic E-state index is 5.66. The summed E-state index contributed by atoms with van der Waals surface area (Å²) in [6, 6.07) is 0. The van der Waals surface area contributed by atoms with Crippen LogP contribution in [0, 0.1) is 5.92 Å². The molecule has 0 amide bonds. The Hall–Kier alpha value is -0.450. The number of ether oxygens (including phenoxy) is 1. The van der Waals surface area contributed by atoms with Crippen LogP contribution in [0.25, 0.3) is 0 Å². The normalized spacial score (nSPS) is 17.1. The second-order valence-electron chi connectivity index (χ2n) is 5.69. The minimum absolute atomic E-state index is 0.224. The maximum atomic E-state index is 5.66. The van der Waals surface area contributed by atoms with Gasteiger partial charge in [0, 0.05) is 18.5 Å². The first kappa shape index (κ1) is 14.9. The van der Waals surface area contributed by atoms with Gasteiger partial charge in [0.15, 0.2) is 0 Å². The van der Waals surface area contributed by atoms with Gasteiger partial charge < -0.3 is 10.1 Å². The Morgan fingerprint density at radius 2 is 2.16 bits per heavy atom. The van der Waals surface area contributed by atoms with Crippen molar-refractivity contribution in [2.45, 2.75) is 58.6 Å². The maximum Gasteiger partial charge on any atom is 0.122 e. The molecule has 19 heavy (non-hydrogen) atoms. The van der Waals surface area contributed by atoms with Gasteiger partial charge in [-0.1, -0.05) is 20.8 Å². The fourth-order valence-electron chi connectivity index (χ4n) is 2.35. The Morgan fingerprint density at radius 1 is 1.42 bits per heavy atom. The highest BCUT2D eigenvalue weighted by molar-refractivity contribution is 7.11. The first-order valence-corrected chi connectivity index (χ1v) is 8.22. The van der Waals surface area contributed by atoms with E-state index in [4.69, 9.17) is 9.72 Å². The summed E-state index contributed by atoms with van der Waals surface area (Å²) < 4.78 is 5.66. The summed E-state index contributed by atoms with van der Waals surface area (Å²) in [7, 11) is 1.81. The standard InChI is InChI=1S/C15H26N2OS/c1-5-8-16-9-12-13(10(2)3)17-15(19-12)14(18-4)11-6-7-11/h10-11,14,16H,5-9H2,1-4H3. The van der Waals surface area contributed by atoms with Gasteiger partial charge in [0.1, 0.15) is 11.1 Å². The SMILES string of the molecule is CCCNCc1sc(C(OC)C2CC2)nc1C(C)C. The lowest BCUT2D eigenvalue weighted by Gasteiger charge is -2.10. The van der Waals surface area contributed by atoms with Gasteiger partial charge in [-0.3, -0.25) is 0 Å². The van der Waals surface area contributed by atoms with E-state index < -0.39 is 0 Å². The molecule has 1 N–H and O–H groups in total. The second kappa shape index (κ2) is 6.82. The van der Waals surface area contributed by atoms with E-state index in [1.165, 1.54) is 34.8 Å². The number of hydrogen-bond donors (Lipinski definition) is 1. The molecule has 3 nitrogen and oxygen atoms in total. The first-order valence-electron chi connectivity index (χ1n) is 7.40. The molecule has 1 aromatic heterocycles. The van der Waals surface area contributed by atoms with Gasteiger partial charge in [0.25, 0.3) is 0 Å². The summed E-state index contributed by atoms with van der Waals surface area (Å²) in [6.07, 6.45) is 3.98. The Bertz CT molecular complexity index is 399. The van der Waals surface area contributed by atoms with Crippen LogP contribution in [-0.4, -0.2) is 18.6 Å². The number of rotatable bonds is 8. The topological polar surface area (TPSA) is 34.1 Å². The average Bonchev–Trinajstić information content (AvgIpc) is 3.11. The summed E-state index contributed by atoms with van der Waals surface area (Å²) in [4.78, 5) is 6.26. The molecule has 1 atom stereocenters. The highest BCUT2D eigenvalue weighted by atomic mass is 32.1. The van der Waals surface area contributed by atoms with E-state index in [2.05, 4.69) is 26.1 Å². The van der Waals surface area contributed by atoms with Crippen molar-refractivity contribution in [1.29, 1.82) is 0 Å². The van der Waals surface area contributed by atoms with Crippen molar-refractivity contribution in [3.8, 4) is 0 Å². The zero-order chi connectivity index (χ0) is 13.8. The molecule has 0 aromatic carbocycles. The minimum atomic E-state index is 0.224. The number of hydrogen-bond acceptors (Lipinski definition) is 4. The molecular weight excluding hydrogens is 256 g/mol. The summed E-state index contributed by atoms with van der Waals surface area (Å²) in [5.41, 5.74) is 1.26. The molecule has 1 saturated carbocycles. The molecule has 2 rings (SSSR count). The lowest BCUT2D eigenvalue weighted by atomic mass is 10.1. The summed E-state index contributed by atoms with van der Waals surface area (Å²) in [5.74, 6) is 1.19. The quantitative estimate of drug-likeness (QED) is 0.735. The number of aromatic nitrogens is 1. The largest absolute Gasteiger partial charge is 0.374 e.